The second-order valence-corrected chi connectivity index (χ2v) is 4.91. The van der Waals surface area contributed by atoms with E-state index < -0.39 is 0 Å². The molecule has 2 heterocycles. The van der Waals surface area contributed by atoms with Gasteiger partial charge in [0.15, 0.2) is 0 Å². The van der Waals surface area contributed by atoms with E-state index in [2.05, 4.69) is 10.6 Å². The maximum Gasteiger partial charge on any atom is 0.237 e. The van der Waals surface area contributed by atoms with Crippen LogP contribution in [0.3, 0.4) is 0 Å². The van der Waals surface area contributed by atoms with Crippen LogP contribution in [0.2, 0.25) is 0 Å². The highest BCUT2D eigenvalue weighted by molar-refractivity contribution is 5.82. The molecular weight excluding hydrogens is 228 g/mol. The van der Waals surface area contributed by atoms with Crippen LogP contribution in [0.25, 0.3) is 0 Å². The summed E-state index contributed by atoms with van der Waals surface area (Å²) in [7, 11) is 0. The molecule has 2 atom stereocenters. The van der Waals surface area contributed by atoms with Crippen LogP contribution in [-0.2, 0) is 4.79 Å². The third kappa shape index (κ3) is 2.20. The Morgan fingerprint density at radius 3 is 3.06 bits per heavy atom. The summed E-state index contributed by atoms with van der Waals surface area (Å²) in [4.78, 5) is 12.1. The standard InChI is InChI=1S/C14H18N2O2/c17-14(11-6-3-4-8-15-11)16-12-9-18-13-7-2-1-5-10(12)13/h1-2,5,7,11-12,15H,3-4,6,8-9H2,(H,16,17)/t11-,12?/m1/s1. The van der Waals surface area contributed by atoms with Gasteiger partial charge in [-0.05, 0) is 25.5 Å². The van der Waals surface area contributed by atoms with Gasteiger partial charge < -0.3 is 15.4 Å². The summed E-state index contributed by atoms with van der Waals surface area (Å²) in [5.41, 5.74) is 1.08. The van der Waals surface area contributed by atoms with Gasteiger partial charge in [-0.2, -0.15) is 0 Å². The monoisotopic (exact) mass is 246 g/mol. The van der Waals surface area contributed by atoms with Gasteiger partial charge in [0.25, 0.3) is 0 Å². The van der Waals surface area contributed by atoms with E-state index in [1.807, 2.05) is 24.3 Å². The van der Waals surface area contributed by atoms with Crippen molar-refractivity contribution in [2.45, 2.75) is 31.3 Å². The number of carbonyl (C=O) groups excluding carboxylic acids is 1. The maximum absolute atomic E-state index is 12.1. The molecule has 1 fully saturated rings. The first-order chi connectivity index (χ1) is 8.84. The van der Waals surface area contributed by atoms with E-state index in [1.54, 1.807) is 0 Å². The highest BCUT2D eigenvalue weighted by atomic mass is 16.5. The predicted octanol–water partition coefficient (Wildman–Crippen LogP) is 1.38. The first-order valence-electron chi connectivity index (χ1n) is 6.60. The number of piperidine rings is 1. The number of benzene rings is 1. The average Bonchev–Trinajstić information content (AvgIpc) is 2.83. The van der Waals surface area contributed by atoms with Crippen LogP contribution in [0.1, 0.15) is 30.9 Å². The highest BCUT2D eigenvalue weighted by Gasteiger charge is 2.28. The summed E-state index contributed by atoms with van der Waals surface area (Å²) in [6.07, 6.45) is 3.23. The molecule has 1 aromatic carbocycles. The largest absolute Gasteiger partial charge is 0.491 e. The van der Waals surface area contributed by atoms with Crippen molar-refractivity contribution in [3.8, 4) is 5.75 Å². The molecule has 0 saturated carbocycles. The van der Waals surface area contributed by atoms with E-state index in [9.17, 15) is 4.79 Å². The lowest BCUT2D eigenvalue weighted by molar-refractivity contribution is -0.124. The van der Waals surface area contributed by atoms with Gasteiger partial charge in [0.1, 0.15) is 12.4 Å². The van der Waals surface area contributed by atoms with E-state index in [1.165, 1.54) is 6.42 Å². The summed E-state index contributed by atoms with van der Waals surface area (Å²) in [6.45, 7) is 1.48. The second kappa shape index (κ2) is 4.98. The third-order valence-corrected chi connectivity index (χ3v) is 3.64. The van der Waals surface area contributed by atoms with E-state index in [-0.39, 0.29) is 18.0 Å². The van der Waals surface area contributed by atoms with Crippen LogP contribution < -0.4 is 15.4 Å². The van der Waals surface area contributed by atoms with Gasteiger partial charge >= 0.3 is 0 Å². The molecule has 2 aliphatic rings. The van der Waals surface area contributed by atoms with Gasteiger partial charge in [-0.25, -0.2) is 0 Å². The van der Waals surface area contributed by atoms with Crippen molar-refractivity contribution in [2.75, 3.05) is 13.2 Å². The quantitative estimate of drug-likeness (QED) is 0.829. The molecule has 2 aliphatic heterocycles. The number of hydrogen-bond acceptors (Lipinski definition) is 3. The van der Waals surface area contributed by atoms with Crippen molar-refractivity contribution < 1.29 is 9.53 Å². The summed E-state index contributed by atoms with van der Waals surface area (Å²) in [5.74, 6) is 0.986. The summed E-state index contributed by atoms with van der Waals surface area (Å²) < 4.78 is 5.56. The molecule has 2 N–H and O–H groups in total. The second-order valence-electron chi connectivity index (χ2n) is 4.91. The van der Waals surface area contributed by atoms with E-state index >= 15 is 0 Å². The zero-order valence-electron chi connectivity index (χ0n) is 10.3. The smallest absolute Gasteiger partial charge is 0.237 e. The zero-order chi connectivity index (χ0) is 12.4. The number of fused-ring (bicyclic) bond motifs is 1. The van der Waals surface area contributed by atoms with Crippen LogP contribution in [0.4, 0.5) is 0 Å². The first kappa shape index (κ1) is 11.5. The minimum Gasteiger partial charge on any atom is -0.491 e. The Bertz CT molecular complexity index is 441. The number of amides is 1. The number of carbonyl (C=O) groups is 1. The number of hydrogen-bond donors (Lipinski definition) is 2. The summed E-state index contributed by atoms with van der Waals surface area (Å²) in [6, 6.07) is 7.85. The number of ether oxygens (including phenoxy) is 1. The van der Waals surface area contributed by atoms with Crippen molar-refractivity contribution in [1.82, 2.24) is 10.6 Å². The molecule has 4 heteroatoms. The van der Waals surface area contributed by atoms with Crippen LogP contribution in [-0.4, -0.2) is 25.1 Å². The van der Waals surface area contributed by atoms with Gasteiger partial charge in [-0.3, -0.25) is 4.79 Å². The Labute approximate surface area is 107 Å². The molecule has 0 radical (unpaired) electrons. The Balaban J connectivity index is 1.65. The molecule has 3 rings (SSSR count). The Morgan fingerprint density at radius 2 is 2.22 bits per heavy atom. The molecule has 18 heavy (non-hydrogen) atoms. The van der Waals surface area contributed by atoms with Crippen LogP contribution in [0, 0.1) is 0 Å². The fourth-order valence-electron chi connectivity index (χ4n) is 2.63. The zero-order valence-corrected chi connectivity index (χ0v) is 10.3. The minimum atomic E-state index is -0.0356. The molecule has 96 valence electrons. The number of rotatable bonds is 2. The SMILES string of the molecule is O=C(NC1COc2ccccc21)[C@H]1CCCCN1. The van der Waals surface area contributed by atoms with Crippen molar-refractivity contribution in [1.29, 1.82) is 0 Å². The van der Waals surface area contributed by atoms with Crippen LogP contribution in [0.5, 0.6) is 5.75 Å². The van der Waals surface area contributed by atoms with Gasteiger partial charge in [-0.1, -0.05) is 24.6 Å². The molecule has 1 amide bonds. The predicted molar refractivity (Wildman–Crippen MR) is 68.5 cm³/mol. The molecular formula is C14H18N2O2. The highest BCUT2D eigenvalue weighted by Crippen LogP contribution is 2.31. The van der Waals surface area contributed by atoms with E-state index in [0.717, 1.165) is 30.7 Å². The van der Waals surface area contributed by atoms with Gasteiger partial charge in [0, 0.05) is 5.56 Å². The molecule has 0 aliphatic carbocycles. The Morgan fingerprint density at radius 1 is 1.33 bits per heavy atom. The van der Waals surface area contributed by atoms with Crippen molar-refractivity contribution in [2.24, 2.45) is 0 Å². The maximum atomic E-state index is 12.1. The van der Waals surface area contributed by atoms with E-state index in [0.29, 0.717) is 6.61 Å². The lowest BCUT2D eigenvalue weighted by Crippen LogP contribution is -2.47. The topological polar surface area (TPSA) is 50.4 Å². The van der Waals surface area contributed by atoms with E-state index in [4.69, 9.17) is 4.74 Å². The van der Waals surface area contributed by atoms with Crippen LogP contribution >= 0.6 is 0 Å². The summed E-state index contributed by atoms with van der Waals surface area (Å²) in [5, 5.41) is 6.34. The molecule has 0 bridgehead atoms. The fraction of sp³-hybridized carbons (Fsp3) is 0.500. The normalized spacial score (nSPS) is 26.2. The lowest BCUT2D eigenvalue weighted by Gasteiger charge is -2.24. The van der Waals surface area contributed by atoms with Crippen LogP contribution in [0.15, 0.2) is 24.3 Å². The van der Waals surface area contributed by atoms with Gasteiger partial charge in [-0.15, -0.1) is 0 Å². The minimum absolute atomic E-state index is 0.00238. The van der Waals surface area contributed by atoms with Crippen molar-refractivity contribution in [3.05, 3.63) is 29.8 Å². The Hall–Kier alpha value is -1.55. The number of nitrogens with one attached hydrogen (secondary N) is 2. The molecule has 4 nitrogen and oxygen atoms in total. The lowest BCUT2D eigenvalue weighted by atomic mass is 10.0. The van der Waals surface area contributed by atoms with Crippen molar-refractivity contribution >= 4 is 5.91 Å². The summed E-state index contributed by atoms with van der Waals surface area (Å²) >= 11 is 0. The molecule has 0 spiro atoms. The average molecular weight is 246 g/mol. The van der Waals surface area contributed by atoms with Gasteiger partial charge in [0.05, 0.1) is 12.1 Å². The molecule has 1 unspecified atom stereocenters. The Kier molecular flexibility index (Phi) is 3.19. The molecule has 0 aromatic heterocycles. The number of para-hydroxylation sites is 1. The third-order valence-electron chi connectivity index (χ3n) is 3.64. The molecule has 1 aromatic rings. The fourth-order valence-corrected chi connectivity index (χ4v) is 2.63. The molecule has 1 saturated heterocycles. The van der Waals surface area contributed by atoms with Gasteiger partial charge in [0.2, 0.25) is 5.91 Å². The van der Waals surface area contributed by atoms with Crippen molar-refractivity contribution in [3.63, 3.8) is 0 Å². The first-order valence-corrected chi connectivity index (χ1v) is 6.60.